The molecule has 0 aliphatic rings. The Bertz CT molecular complexity index is 155. The van der Waals surface area contributed by atoms with Gasteiger partial charge < -0.3 is 14.6 Å². The molecule has 0 aromatic carbocycles. The first-order valence-electron chi connectivity index (χ1n) is 4.73. The van der Waals surface area contributed by atoms with Crippen molar-refractivity contribution in [2.45, 2.75) is 45.0 Å². The molecule has 0 spiro atoms. The van der Waals surface area contributed by atoms with Gasteiger partial charge in [0.25, 0.3) is 0 Å². The van der Waals surface area contributed by atoms with Crippen molar-refractivity contribution in [3.05, 3.63) is 0 Å². The number of nitrogens with two attached hydrogens (primary N) is 1. The van der Waals surface area contributed by atoms with E-state index in [1.54, 1.807) is 7.11 Å². The van der Waals surface area contributed by atoms with E-state index in [1.807, 2.05) is 0 Å². The van der Waals surface area contributed by atoms with Gasteiger partial charge in [-0.15, -0.1) is 0 Å². The Morgan fingerprint density at radius 3 is 1.92 bits per heavy atom. The van der Waals surface area contributed by atoms with Crippen molar-refractivity contribution in [1.29, 1.82) is 0 Å². The van der Waals surface area contributed by atoms with E-state index < -0.39 is 16.6 Å². The molecule has 13 heavy (non-hydrogen) atoms. The summed E-state index contributed by atoms with van der Waals surface area (Å²) in [6.45, 7) is 10.8. The smallest absolute Gasteiger partial charge is 0.335 e. The van der Waals surface area contributed by atoms with Crippen LogP contribution in [-0.4, -0.2) is 29.6 Å². The average molecular weight is 221 g/mol. The fourth-order valence-corrected chi connectivity index (χ4v) is 3.97. The Kier molecular flexibility index (Phi) is 4.81. The Morgan fingerprint density at radius 2 is 1.69 bits per heavy atom. The number of hydrogen-bond donors (Lipinski definition) is 1. The molecule has 0 rings (SSSR count). The van der Waals surface area contributed by atoms with Crippen LogP contribution in [0.25, 0.3) is 0 Å². The molecule has 0 aliphatic heterocycles. The predicted molar refractivity (Wildman–Crippen MR) is 61.5 cm³/mol. The van der Waals surface area contributed by atoms with Crippen LogP contribution >= 0.6 is 0 Å². The van der Waals surface area contributed by atoms with Crippen LogP contribution in [0.5, 0.6) is 0 Å². The second-order valence-corrected chi connectivity index (χ2v) is 13.5. The van der Waals surface area contributed by atoms with Crippen LogP contribution in [0.15, 0.2) is 0 Å². The Morgan fingerprint density at radius 1 is 1.23 bits per heavy atom. The molecule has 2 atom stereocenters. The molecule has 2 N–H and O–H groups in total. The molecular formula is C8H23NO2Si2. The highest BCUT2D eigenvalue weighted by Crippen LogP contribution is 2.17. The molecule has 0 radical (unpaired) electrons. The van der Waals surface area contributed by atoms with Gasteiger partial charge in [0.05, 0.1) is 13.9 Å². The lowest BCUT2D eigenvalue weighted by Crippen LogP contribution is -2.54. The van der Waals surface area contributed by atoms with E-state index in [4.69, 9.17) is 14.6 Å². The van der Waals surface area contributed by atoms with Gasteiger partial charge in [-0.05, 0) is 12.6 Å². The highest BCUT2D eigenvalue weighted by Gasteiger charge is 2.35. The monoisotopic (exact) mass is 221 g/mol. The molecule has 2 unspecified atom stereocenters. The van der Waals surface area contributed by atoms with Crippen molar-refractivity contribution >= 4 is 16.6 Å². The van der Waals surface area contributed by atoms with Crippen molar-refractivity contribution in [3.63, 3.8) is 0 Å². The molecule has 5 heteroatoms. The Hall–Kier alpha value is 0.314. The minimum atomic E-state index is -1.96. The van der Waals surface area contributed by atoms with E-state index in [1.165, 1.54) is 0 Å². The fraction of sp³-hybridized carbons (Fsp3) is 1.00. The third kappa shape index (κ3) is 4.37. The van der Waals surface area contributed by atoms with E-state index in [0.717, 1.165) is 6.04 Å². The molecule has 0 amide bonds. The number of rotatable bonds is 5. The second kappa shape index (κ2) is 4.70. The summed E-state index contributed by atoms with van der Waals surface area (Å²) < 4.78 is 11.3. The first kappa shape index (κ1) is 13.3. The van der Waals surface area contributed by atoms with Crippen LogP contribution in [0.3, 0.4) is 0 Å². The largest absolute Gasteiger partial charge is 0.398 e. The Labute approximate surface area is 83.9 Å². The average Bonchev–Trinajstić information content (AvgIpc) is 2.02. The van der Waals surface area contributed by atoms with Crippen LogP contribution in [0.2, 0.25) is 32.2 Å². The topological polar surface area (TPSA) is 44.5 Å². The summed E-state index contributed by atoms with van der Waals surface area (Å²) in [6.07, 6.45) is 0. The quantitative estimate of drug-likeness (QED) is 0.570. The molecule has 0 saturated heterocycles. The van der Waals surface area contributed by atoms with Crippen molar-refractivity contribution in [2.24, 2.45) is 5.73 Å². The van der Waals surface area contributed by atoms with Crippen LogP contribution in [0, 0.1) is 0 Å². The maximum absolute atomic E-state index is 5.98. The standard InChI is InChI=1S/C8H23NO2Si2/c1-7-13(6,10-2)11-8(9)12(3,4)5/h8H,7,9H2,1-6H3. The molecule has 0 heterocycles. The van der Waals surface area contributed by atoms with Crippen LogP contribution < -0.4 is 5.73 Å². The SMILES string of the molecule is CC[Si](C)(OC)OC(N)[Si](C)(C)C. The minimum absolute atomic E-state index is 0.107. The maximum Gasteiger partial charge on any atom is 0.335 e. The summed E-state index contributed by atoms with van der Waals surface area (Å²) in [5.74, 6) is -0.107. The lowest BCUT2D eigenvalue weighted by molar-refractivity contribution is 0.181. The van der Waals surface area contributed by atoms with E-state index in [9.17, 15) is 0 Å². The summed E-state index contributed by atoms with van der Waals surface area (Å²) in [5, 5.41) is 0. The van der Waals surface area contributed by atoms with Crippen molar-refractivity contribution in [3.8, 4) is 0 Å². The zero-order valence-corrected chi connectivity index (χ0v) is 11.7. The van der Waals surface area contributed by atoms with E-state index in [2.05, 4.69) is 33.1 Å². The van der Waals surface area contributed by atoms with Crippen molar-refractivity contribution in [2.75, 3.05) is 7.11 Å². The normalized spacial score (nSPS) is 19.6. The maximum atomic E-state index is 5.98. The van der Waals surface area contributed by atoms with Gasteiger partial charge in [-0.25, -0.2) is 0 Å². The second-order valence-electron chi connectivity index (χ2n) is 4.60. The molecular weight excluding hydrogens is 198 g/mol. The lowest BCUT2D eigenvalue weighted by Gasteiger charge is -2.33. The van der Waals surface area contributed by atoms with Crippen molar-refractivity contribution in [1.82, 2.24) is 0 Å². The zero-order chi connectivity index (χ0) is 10.7. The minimum Gasteiger partial charge on any atom is -0.398 e. The molecule has 0 bridgehead atoms. The van der Waals surface area contributed by atoms with E-state index >= 15 is 0 Å². The summed E-state index contributed by atoms with van der Waals surface area (Å²) in [7, 11) is -1.64. The Balaban J connectivity index is 4.25. The van der Waals surface area contributed by atoms with Gasteiger partial charge in [-0.3, -0.25) is 0 Å². The van der Waals surface area contributed by atoms with Gasteiger partial charge in [-0.2, -0.15) is 0 Å². The first-order chi connectivity index (χ1) is 5.75. The zero-order valence-electron chi connectivity index (χ0n) is 9.68. The van der Waals surface area contributed by atoms with E-state index in [-0.39, 0.29) is 5.85 Å². The summed E-state index contributed by atoms with van der Waals surface area (Å²) >= 11 is 0. The lowest BCUT2D eigenvalue weighted by atomic mass is 11.0. The van der Waals surface area contributed by atoms with Gasteiger partial charge in [-0.1, -0.05) is 26.6 Å². The van der Waals surface area contributed by atoms with Gasteiger partial charge in [0.15, 0.2) is 0 Å². The number of hydrogen-bond acceptors (Lipinski definition) is 3. The molecule has 3 nitrogen and oxygen atoms in total. The van der Waals surface area contributed by atoms with Gasteiger partial charge >= 0.3 is 8.56 Å². The van der Waals surface area contributed by atoms with Gasteiger partial charge in [0.2, 0.25) is 0 Å². The van der Waals surface area contributed by atoms with Crippen LogP contribution in [-0.2, 0) is 8.85 Å². The summed E-state index contributed by atoms with van der Waals surface area (Å²) in [5.41, 5.74) is 5.98. The molecule has 0 saturated carbocycles. The molecule has 0 aromatic rings. The molecule has 0 fully saturated rings. The third-order valence-corrected chi connectivity index (χ3v) is 7.27. The van der Waals surface area contributed by atoms with Crippen molar-refractivity contribution < 1.29 is 8.85 Å². The highest BCUT2D eigenvalue weighted by atomic mass is 28.4. The van der Waals surface area contributed by atoms with E-state index in [0.29, 0.717) is 0 Å². The molecule has 0 aromatic heterocycles. The highest BCUT2D eigenvalue weighted by molar-refractivity contribution is 6.78. The molecule has 80 valence electrons. The van der Waals surface area contributed by atoms with Crippen LogP contribution in [0.1, 0.15) is 6.92 Å². The van der Waals surface area contributed by atoms with Gasteiger partial charge in [0, 0.05) is 7.11 Å². The predicted octanol–water partition coefficient (Wildman–Crippen LogP) is 1.90. The molecule has 0 aliphatic carbocycles. The van der Waals surface area contributed by atoms with Crippen LogP contribution in [0.4, 0.5) is 0 Å². The third-order valence-electron chi connectivity index (χ3n) is 2.30. The first-order valence-corrected chi connectivity index (χ1v) is 10.8. The summed E-state index contributed by atoms with van der Waals surface area (Å²) in [6, 6.07) is 0.946. The fourth-order valence-electron chi connectivity index (χ4n) is 0.721. The van der Waals surface area contributed by atoms with Gasteiger partial charge in [0.1, 0.15) is 0 Å². The summed E-state index contributed by atoms with van der Waals surface area (Å²) in [4.78, 5) is 0.